The van der Waals surface area contributed by atoms with E-state index in [4.69, 9.17) is 9.47 Å². The Morgan fingerprint density at radius 3 is 2.76 bits per heavy atom. The zero-order chi connectivity index (χ0) is 17.6. The van der Waals surface area contributed by atoms with Crippen LogP contribution in [0.25, 0.3) is 0 Å². The Balaban J connectivity index is 1.49. The van der Waals surface area contributed by atoms with E-state index in [-0.39, 0.29) is 6.03 Å². The first kappa shape index (κ1) is 17.1. The highest BCUT2D eigenvalue weighted by molar-refractivity contribution is 5.89. The number of aromatic nitrogens is 2. The summed E-state index contributed by atoms with van der Waals surface area (Å²) in [7, 11) is 3.46. The number of methoxy groups -OCH3 is 1. The van der Waals surface area contributed by atoms with Crippen molar-refractivity contribution in [2.24, 2.45) is 13.0 Å². The van der Waals surface area contributed by atoms with Crippen LogP contribution in [0.3, 0.4) is 0 Å². The fourth-order valence-electron chi connectivity index (χ4n) is 2.96. The van der Waals surface area contributed by atoms with Crippen molar-refractivity contribution >= 4 is 11.7 Å². The number of ether oxygens (including phenoxy) is 2. The summed E-state index contributed by atoms with van der Waals surface area (Å²) in [5.41, 5.74) is 0.712. The maximum atomic E-state index is 12.4. The highest BCUT2D eigenvalue weighted by atomic mass is 16.5. The second kappa shape index (κ2) is 7.92. The van der Waals surface area contributed by atoms with Crippen LogP contribution >= 0.6 is 0 Å². The summed E-state index contributed by atoms with van der Waals surface area (Å²) < 4.78 is 12.7. The van der Waals surface area contributed by atoms with Gasteiger partial charge in [-0.2, -0.15) is 5.10 Å². The second-order valence-corrected chi connectivity index (χ2v) is 6.27. The van der Waals surface area contributed by atoms with E-state index in [9.17, 15) is 4.79 Å². The second-order valence-electron chi connectivity index (χ2n) is 6.27. The molecule has 0 bridgehead atoms. The molecule has 2 aromatic rings. The highest BCUT2D eigenvalue weighted by Crippen LogP contribution is 2.21. The number of hydrogen-bond acceptors (Lipinski definition) is 4. The fraction of sp³-hybridized carbons (Fsp3) is 0.444. The molecule has 0 radical (unpaired) electrons. The monoisotopic (exact) mass is 344 g/mol. The summed E-state index contributed by atoms with van der Waals surface area (Å²) >= 11 is 0. The van der Waals surface area contributed by atoms with Crippen LogP contribution in [-0.2, 0) is 7.05 Å². The standard InChI is InChI=1S/C18H24N4O3/c1-21-12-15(10-19-21)20-18(23)22-9-3-4-14(11-22)13-25-17-7-5-16(24-2)6-8-17/h5-8,10,12,14H,3-4,9,11,13H2,1-2H3,(H,20,23)/t14-/m0/s1. The maximum absolute atomic E-state index is 12.4. The van der Waals surface area contributed by atoms with Crippen LogP contribution in [0.5, 0.6) is 11.5 Å². The molecule has 1 aliphatic rings. The van der Waals surface area contributed by atoms with Crippen LogP contribution in [0.4, 0.5) is 10.5 Å². The Hall–Kier alpha value is -2.70. The van der Waals surface area contributed by atoms with Crippen molar-refractivity contribution in [3.05, 3.63) is 36.7 Å². The quantitative estimate of drug-likeness (QED) is 0.905. The molecular weight excluding hydrogens is 320 g/mol. The molecule has 1 N–H and O–H groups in total. The Bertz CT molecular complexity index is 699. The molecule has 134 valence electrons. The Kier molecular flexibility index (Phi) is 5.42. The molecule has 0 saturated carbocycles. The molecule has 2 heterocycles. The van der Waals surface area contributed by atoms with E-state index in [0.29, 0.717) is 24.8 Å². The van der Waals surface area contributed by atoms with E-state index in [2.05, 4.69) is 10.4 Å². The van der Waals surface area contributed by atoms with Gasteiger partial charge in [0.2, 0.25) is 0 Å². The largest absolute Gasteiger partial charge is 0.497 e. The molecule has 0 unspecified atom stereocenters. The fourth-order valence-corrected chi connectivity index (χ4v) is 2.96. The molecule has 7 heteroatoms. The van der Waals surface area contributed by atoms with Gasteiger partial charge in [-0.3, -0.25) is 4.68 Å². The van der Waals surface area contributed by atoms with Crippen molar-refractivity contribution < 1.29 is 14.3 Å². The number of carbonyl (C=O) groups is 1. The van der Waals surface area contributed by atoms with Crippen LogP contribution in [0.2, 0.25) is 0 Å². The lowest BCUT2D eigenvalue weighted by Crippen LogP contribution is -2.43. The van der Waals surface area contributed by atoms with Crippen molar-refractivity contribution in [3.8, 4) is 11.5 Å². The van der Waals surface area contributed by atoms with Gasteiger partial charge in [0.1, 0.15) is 11.5 Å². The molecule has 0 spiro atoms. The number of hydrogen-bond donors (Lipinski definition) is 1. The van der Waals surface area contributed by atoms with E-state index in [1.807, 2.05) is 36.2 Å². The van der Waals surface area contributed by atoms with Gasteiger partial charge in [-0.25, -0.2) is 4.79 Å². The van der Waals surface area contributed by atoms with Gasteiger partial charge in [-0.05, 0) is 37.1 Å². The van der Waals surface area contributed by atoms with E-state index in [1.54, 1.807) is 24.2 Å². The van der Waals surface area contributed by atoms with Gasteiger partial charge in [-0.1, -0.05) is 0 Å². The van der Waals surface area contributed by atoms with Gasteiger partial charge < -0.3 is 19.7 Å². The first-order valence-corrected chi connectivity index (χ1v) is 8.45. The number of anilines is 1. The molecule has 0 aliphatic carbocycles. The molecule has 2 amide bonds. The lowest BCUT2D eigenvalue weighted by molar-refractivity contribution is 0.145. The molecule has 1 aliphatic heterocycles. The third-order valence-corrected chi connectivity index (χ3v) is 4.31. The minimum atomic E-state index is -0.0813. The molecule has 25 heavy (non-hydrogen) atoms. The maximum Gasteiger partial charge on any atom is 0.321 e. The van der Waals surface area contributed by atoms with Crippen LogP contribution < -0.4 is 14.8 Å². The minimum Gasteiger partial charge on any atom is -0.497 e. The molecule has 1 fully saturated rings. The SMILES string of the molecule is COc1ccc(OC[C@H]2CCCN(C(=O)Nc3cnn(C)c3)C2)cc1. The number of nitrogens with one attached hydrogen (secondary N) is 1. The predicted octanol–water partition coefficient (Wildman–Crippen LogP) is 2.75. The van der Waals surface area contributed by atoms with Crippen LogP contribution in [0.1, 0.15) is 12.8 Å². The number of amides is 2. The Labute approximate surface area is 147 Å². The number of aryl methyl sites for hydroxylation is 1. The summed E-state index contributed by atoms with van der Waals surface area (Å²) in [4.78, 5) is 14.2. The number of piperidine rings is 1. The van der Waals surface area contributed by atoms with Gasteiger partial charge in [0, 0.05) is 32.3 Å². The summed E-state index contributed by atoms with van der Waals surface area (Å²) in [5.74, 6) is 1.96. The van der Waals surface area contributed by atoms with Gasteiger partial charge >= 0.3 is 6.03 Å². The van der Waals surface area contributed by atoms with Crippen molar-refractivity contribution in [2.45, 2.75) is 12.8 Å². The average Bonchev–Trinajstić information content (AvgIpc) is 3.05. The lowest BCUT2D eigenvalue weighted by Gasteiger charge is -2.32. The summed E-state index contributed by atoms with van der Waals surface area (Å²) in [6.45, 7) is 2.07. The first-order chi connectivity index (χ1) is 12.1. The number of likely N-dealkylation sites (tertiary alicyclic amines) is 1. The number of rotatable bonds is 5. The third kappa shape index (κ3) is 4.65. The first-order valence-electron chi connectivity index (χ1n) is 8.45. The molecule has 1 aromatic heterocycles. The number of benzene rings is 1. The van der Waals surface area contributed by atoms with Crippen molar-refractivity contribution in [2.75, 3.05) is 32.1 Å². The normalized spacial score (nSPS) is 17.2. The van der Waals surface area contributed by atoms with Crippen LogP contribution in [0.15, 0.2) is 36.7 Å². The van der Waals surface area contributed by atoms with E-state index in [1.165, 1.54) is 0 Å². The Morgan fingerprint density at radius 1 is 1.32 bits per heavy atom. The molecule has 1 atom stereocenters. The van der Waals surface area contributed by atoms with Crippen LogP contribution in [-0.4, -0.2) is 47.5 Å². The van der Waals surface area contributed by atoms with Gasteiger partial charge in [0.15, 0.2) is 0 Å². The summed E-state index contributed by atoms with van der Waals surface area (Å²) in [5, 5.41) is 6.95. The average molecular weight is 344 g/mol. The predicted molar refractivity (Wildman–Crippen MR) is 95.0 cm³/mol. The van der Waals surface area contributed by atoms with E-state index >= 15 is 0 Å². The van der Waals surface area contributed by atoms with Crippen molar-refractivity contribution in [3.63, 3.8) is 0 Å². The molecule has 1 saturated heterocycles. The third-order valence-electron chi connectivity index (χ3n) is 4.31. The van der Waals surface area contributed by atoms with Crippen molar-refractivity contribution in [1.82, 2.24) is 14.7 Å². The molecule has 7 nitrogen and oxygen atoms in total. The molecular formula is C18H24N4O3. The van der Waals surface area contributed by atoms with E-state index in [0.717, 1.165) is 30.9 Å². The van der Waals surface area contributed by atoms with Crippen LogP contribution in [0, 0.1) is 5.92 Å². The number of carbonyl (C=O) groups excluding carboxylic acids is 1. The summed E-state index contributed by atoms with van der Waals surface area (Å²) in [6.07, 6.45) is 5.47. The lowest BCUT2D eigenvalue weighted by atomic mass is 9.99. The zero-order valence-electron chi connectivity index (χ0n) is 14.6. The number of nitrogens with zero attached hydrogens (tertiary/aromatic N) is 3. The Morgan fingerprint density at radius 2 is 2.08 bits per heavy atom. The van der Waals surface area contributed by atoms with Gasteiger partial charge in [-0.15, -0.1) is 0 Å². The van der Waals surface area contributed by atoms with Gasteiger partial charge in [0.05, 0.1) is 25.6 Å². The topological polar surface area (TPSA) is 68.6 Å². The zero-order valence-corrected chi connectivity index (χ0v) is 14.6. The molecule has 3 rings (SSSR count). The van der Waals surface area contributed by atoms with Gasteiger partial charge in [0.25, 0.3) is 0 Å². The smallest absolute Gasteiger partial charge is 0.321 e. The van der Waals surface area contributed by atoms with E-state index < -0.39 is 0 Å². The molecule has 1 aromatic carbocycles. The van der Waals surface area contributed by atoms with Crippen molar-refractivity contribution in [1.29, 1.82) is 0 Å². The number of urea groups is 1. The highest BCUT2D eigenvalue weighted by Gasteiger charge is 2.24. The minimum absolute atomic E-state index is 0.0813. The summed E-state index contributed by atoms with van der Waals surface area (Å²) in [6, 6.07) is 7.47.